The van der Waals surface area contributed by atoms with Gasteiger partial charge in [0.15, 0.2) is 5.75 Å². The van der Waals surface area contributed by atoms with Gasteiger partial charge in [-0.1, -0.05) is 0 Å². The predicted molar refractivity (Wildman–Crippen MR) is 39.6 cm³/mol. The van der Waals surface area contributed by atoms with Gasteiger partial charge in [-0.3, -0.25) is 10.1 Å². The fourth-order valence-corrected chi connectivity index (χ4v) is 1.05. The first-order valence-corrected chi connectivity index (χ1v) is 3.30. The largest absolute Gasteiger partial charge is 0.507 e. The molecule has 0 unspecified atom stereocenters. The van der Waals surface area contributed by atoms with Gasteiger partial charge in [-0.2, -0.15) is 0 Å². The Hall–Kier alpha value is -1.78. The second-order valence-corrected chi connectivity index (χ2v) is 2.56. The molecule has 62 valence electrons. The summed E-state index contributed by atoms with van der Waals surface area (Å²) >= 11 is 0. The average Bonchev–Trinajstić information content (AvgIpc) is 2.75. The lowest BCUT2D eigenvalue weighted by molar-refractivity contribution is -0.384. The summed E-state index contributed by atoms with van der Waals surface area (Å²) in [4.78, 5) is 9.75. The van der Waals surface area contributed by atoms with E-state index < -0.39 is 4.92 Å². The number of rotatable bonds is 1. The van der Waals surface area contributed by atoms with Crippen LogP contribution >= 0.6 is 0 Å². The molecule has 0 spiro atoms. The van der Waals surface area contributed by atoms with E-state index in [1.807, 2.05) is 0 Å². The van der Waals surface area contributed by atoms with E-state index in [-0.39, 0.29) is 17.2 Å². The minimum absolute atomic E-state index is 0.0991. The number of nitrogens with zero attached hydrogens (tertiary/aromatic N) is 1. The summed E-state index contributed by atoms with van der Waals surface area (Å²) in [6, 6.07) is 1.10. The first kappa shape index (κ1) is 6.90. The van der Waals surface area contributed by atoms with Crippen LogP contribution in [0.5, 0.6) is 17.2 Å². The van der Waals surface area contributed by atoms with E-state index >= 15 is 0 Å². The Bertz CT molecular complexity index is 382. The van der Waals surface area contributed by atoms with Crippen LogP contribution in [0.1, 0.15) is 5.56 Å². The SMILES string of the molecule is Cc1c(O)cc([N+](=O)[O-])c2c1O2. The van der Waals surface area contributed by atoms with Crippen molar-refractivity contribution in [3.63, 3.8) is 0 Å². The highest BCUT2D eigenvalue weighted by Crippen LogP contribution is 2.56. The van der Waals surface area contributed by atoms with Gasteiger partial charge in [0.25, 0.3) is 0 Å². The number of hydrogen-bond acceptors (Lipinski definition) is 4. The van der Waals surface area contributed by atoms with Gasteiger partial charge in [-0.25, -0.2) is 0 Å². The van der Waals surface area contributed by atoms with Gasteiger partial charge in [-0.05, 0) is 6.92 Å². The molecule has 0 saturated heterocycles. The van der Waals surface area contributed by atoms with Gasteiger partial charge in [0.05, 0.1) is 11.0 Å². The third kappa shape index (κ3) is 0.730. The Morgan fingerprint density at radius 2 is 2.25 bits per heavy atom. The minimum Gasteiger partial charge on any atom is -0.507 e. The smallest absolute Gasteiger partial charge is 0.319 e. The summed E-state index contributed by atoms with van der Waals surface area (Å²) in [6.45, 7) is 1.64. The average molecular weight is 167 g/mol. The van der Waals surface area contributed by atoms with Gasteiger partial charge in [-0.15, -0.1) is 0 Å². The fourth-order valence-electron chi connectivity index (χ4n) is 1.05. The second kappa shape index (κ2) is 1.88. The van der Waals surface area contributed by atoms with Crippen molar-refractivity contribution >= 4 is 5.69 Å². The Kier molecular flexibility index (Phi) is 1.08. The normalized spacial score (nSPS) is 11.8. The Balaban J connectivity index is 2.64. The van der Waals surface area contributed by atoms with Crippen molar-refractivity contribution in [2.45, 2.75) is 6.92 Å². The number of phenolic OH excluding ortho intramolecular Hbond substituents is 1. The number of ether oxygens (including phenoxy) is 1. The van der Waals surface area contributed by atoms with Gasteiger partial charge < -0.3 is 9.84 Å². The molecule has 0 saturated carbocycles. The van der Waals surface area contributed by atoms with Gasteiger partial charge in [0.1, 0.15) is 5.75 Å². The van der Waals surface area contributed by atoms with E-state index in [2.05, 4.69) is 0 Å². The second-order valence-electron chi connectivity index (χ2n) is 2.56. The molecule has 0 atom stereocenters. The van der Waals surface area contributed by atoms with Crippen molar-refractivity contribution in [2.24, 2.45) is 0 Å². The Morgan fingerprint density at radius 3 is 2.83 bits per heavy atom. The maximum absolute atomic E-state index is 10.3. The molecule has 2 rings (SSSR count). The Labute approximate surface area is 67.4 Å². The number of fused-ring (bicyclic) bond motifs is 1. The van der Waals surface area contributed by atoms with Gasteiger partial charge >= 0.3 is 5.69 Å². The predicted octanol–water partition coefficient (Wildman–Crippen LogP) is 1.71. The van der Waals surface area contributed by atoms with E-state index in [1.165, 1.54) is 0 Å². The van der Waals surface area contributed by atoms with Crippen molar-refractivity contribution in [3.05, 3.63) is 21.7 Å². The lowest BCUT2D eigenvalue weighted by atomic mass is 10.2. The molecule has 5 heteroatoms. The summed E-state index contributed by atoms with van der Waals surface area (Å²) in [7, 11) is 0. The quantitative estimate of drug-likeness (QED) is 0.398. The molecule has 1 heterocycles. The van der Waals surface area contributed by atoms with Crippen molar-refractivity contribution in [2.75, 3.05) is 0 Å². The number of nitro groups is 1. The number of benzene rings is 1. The first-order valence-electron chi connectivity index (χ1n) is 3.30. The molecule has 0 bridgehead atoms. The van der Waals surface area contributed by atoms with Crippen molar-refractivity contribution < 1.29 is 14.8 Å². The molecule has 1 aliphatic heterocycles. The molecule has 1 aromatic rings. The highest BCUT2D eigenvalue weighted by Gasteiger charge is 2.36. The highest BCUT2D eigenvalue weighted by atomic mass is 16.6. The van der Waals surface area contributed by atoms with Gasteiger partial charge in [0.2, 0.25) is 5.75 Å². The number of phenols is 1. The van der Waals surface area contributed by atoms with Crippen LogP contribution < -0.4 is 4.74 Å². The molecule has 0 radical (unpaired) electrons. The molecule has 0 aliphatic carbocycles. The summed E-state index contributed by atoms with van der Waals surface area (Å²) in [5.74, 6) is 0.606. The van der Waals surface area contributed by atoms with Crippen LogP contribution in [0, 0.1) is 17.0 Å². The zero-order chi connectivity index (χ0) is 8.88. The first-order chi connectivity index (χ1) is 5.61. The van der Waals surface area contributed by atoms with Crippen molar-refractivity contribution in [3.8, 4) is 17.2 Å². The van der Waals surface area contributed by atoms with E-state index in [9.17, 15) is 15.2 Å². The molecule has 1 aliphatic rings. The lowest BCUT2D eigenvalue weighted by Crippen LogP contribution is -1.84. The topological polar surface area (TPSA) is 75.9 Å². The molecule has 0 fully saturated rings. The monoisotopic (exact) mass is 167 g/mol. The van der Waals surface area contributed by atoms with Crippen LogP contribution in [0.2, 0.25) is 0 Å². The van der Waals surface area contributed by atoms with Crippen LogP contribution in [-0.4, -0.2) is 10.0 Å². The molecular weight excluding hydrogens is 162 g/mol. The molecule has 1 N–H and O–H groups in total. The van der Waals surface area contributed by atoms with Crippen molar-refractivity contribution in [1.82, 2.24) is 0 Å². The number of aromatic hydroxyl groups is 1. The van der Waals surface area contributed by atoms with Crippen molar-refractivity contribution in [1.29, 1.82) is 0 Å². The fraction of sp³-hybridized carbons (Fsp3) is 0.143. The highest BCUT2D eigenvalue weighted by molar-refractivity contribution is 5.73. The third-order valence-corrected chi connectivity index (χ3v) is 1.80. The molecule has 0 aromatic heterocycles. The Morgan fingerprint density at radius 1 is 1.58 bits per heavy atom. The van der Waals surface area contributed by atoms with Crippen LogP contribution in [0.25, 0.3) is 0 Å². The number of nitro benzene ring substituents is 1. The number of hydrogen-bond donors (Lipinski definition) is 1. The van der Waals surface area contributed by atoms with Crippen LogP contribution in [0.15, 0.2) is 6.07 Å². The van der Waals surface area contributed by atoms with Crippen LogP contribution in [0.4, 0.5) is 5.69 Å². The van der Waals surface area contributed by atoms with E-state index in [0.29, 0.717) is 11.3 Å². The zero-order valence-electron chi connectivity index (χ0n) is 6.20. The molecular formula is C7H5NO4. The van der Waals surface area contributed by atoms with E-state index in [4.69, 9.17) is 4.74 Å². The molecule has 5 nitrogen and oxygen atoms in total. The minimum atomic E-state index is -0.578. The lowest BCUT2D eigenvalue weighted by Gasteiger charge is -1.91. The van der Waals surface area contributed by atoms with Crippen LogP contribution in [0.3, 0.4) is 0 Å². The maximum atomic E-state index is 10.3. The zero-order valence-corrected chi connectivity index (χ0v) is 6.20. The van der Waals surface area contributed by atoms with Crippen LogP contribution in [-0.2, 0) is 0 Å². The molecule has 1 aromatic carbocycles. The summed E-state index contributed by atoms with van der Waals surface area (Å²) < 4.78 is 4.84. The third-order valence-electron chi connectivity index (χ3n) is 1.80. The van der Waals surface area contributed by atoms with Gasteiger partial charge in [0, 0.05) is 5.56 Å². The summed E-state index contributed by atoms with van der Waals surface area (Å²) in [6.07, 6.45) is 0. The molecule has 12 heavy (non-hydrogen) atoms. The van der Waals surface area contributed by atoms with E-state index in [0.717, 1.165) is 6.07 Å². The standard InChI is InChI=1S/C7H5NO4/c1-3-5(9)2-4(8(10)11)7-6(3)12-7/h2,9H,1H3. The summed E-state index contributed by atoms with van der Waals surface area (Å²) in [5, 5.41) is 19.5. The van der Waals surface area contributed by atoms with E-state index in [1.54, 1.807) is 6.92 Å². The maximum Gasteiger partial charge on any atom is 0.319 e. The summed E-state index contributed by atoms with van der Waals surface area (Å²) in [5.41, 5.74) is 0.378. The molecule has 0 amide bonds.